The quantitative estimate of drug-likeness (QED) is 0.645. The predicted octanol–water partition coefficient (Wildman–Crippen LogP) is 2.34. The second-order valence-corrected chi connectivity index (χ2v) is 8.94. The van der Waals surface area contributed by atoms with Crippen molar-refractivity contribution in [3.8, 4) is 0 Å². The first-order valence-corrected chi connectivity index (χ1v) is 10.8. The molecule has 1 amide bonds. The molecule has 2 saturated heterocycles. The smallest absolute Gasteiger partial charge is 0.257 e. The molecule has 3 aromatic rings. The fraction of sp³-hybridized carbons (Fsp3) is 0.478. The Morgan fingerprint density at radius 1 is 1.19 bits per heavy atom. The zero-order chi connectivity index (χ0) is 21.6. The van der Waals surface area contributed by atoms with Gasteiger partial charge in [-0.2, -0.15) is 5.10 Å². The standard InChI is InChI=1S/C23H28N6O2/c1-16-20(14-27(3)26-16)21(30)29-10-9-23(22-25-24-17(2)31-22)15-28(12-19(23)13-29)11-18-7-5-4-6-8-18/h4-8,14,19H,9-13,15H2,1-3H3/t19-,23+/m1/s1. The number of carbonyl (C=O) groups excluding carboxylic acids is 1. The average Bonchev–Trinajstić information content (AvgIpc) is 3.44. The molecule has 0 unspecified atom stereocenters. The minimum atomic E-state index is -0.212. The third-order valence-corrected chi connectivity index (χ3v) is 6.77. The summed E-state index contributed by atoms with van der Waals surface area (Å²) >= 11 is 0. The summed E-state index contributed by atoms with van der Waals surface area (Å²) in [4.78, 5) is 17.7. The van der Waals surface area contributed by atoms with E-state index in [1.807, 2.05) is 38.1 Å². The zero-order valence-electron chi connectivity index (χ0n) is 18.3. The normalized spacial score (nSPS) is 23.8. The van der Waals surface area contributed by atoms with Crippen molar-refractivity contribution in [2.24, 2.45) is 13.0 Å². The van der Waals surface area contributed by atoms with Crippen molar-refractivity contribution in [3.05, 3.63) is 65.1 Å². The highest BCUT2D eigenvalue weighted by Gasteiger charge is 2.54. The number of aromatic nitrogens is 4. The van der Waals surface area contributed by atoms with Crippen LogP contribution in [0.3, 0.4) is 0 Å². The van der Waals surface area contributed by atoms with Crippen LogP contribution < -0.4 is 0 Å². The topological polar surface area (TPSA) is 80.3 Å². The molecule has 0 N–H and O–H groups in total. The van der Waals surface area contributed by atoms with Crippen LogP contribution in [0.2, 0.25) is 0 Å². The van der Waals surface area contributed by atoms with E-state index in [-0.39, 0.29) is 17.2 Å². The van der Waals surface area contributed by atoms with E-state index in [2.05, 4.69) is 44.5 Å². The number of likely N-dealkylation sites (tertiary alicyclic amines) is 2. The Morgan fingerprint density at radius 3 is 2.68 bits per heavy atom. The molecule has 4 heterocycles. The van der Waals surface area contributed by atoms with Crippen molar-refractivity contribution in [2.75, 3.05) is 26.2 Å². The van der Waals surface area contributed by atoms with Gasteiger partial charge in [0.25, 0.3) is 5.91 Å². The van der Waals surface area contributed by atoms with E-state index in [1.165, 1.54) is 5.56 Å². The molecule has 0 aliphatic carbocycles. The number of benzene rings is 1. The number of hydrogen-bond acceptors (Lipinski definition) is 6. The highest BCUT2D eigenvalue weighted by Crippen LogP contribution is 2.45. The van der Waals surface area contributed by atoms with Gasteiger partial charge in [0, 0.05) is 58.8 Å². The van der Waals surface area contributed by atoms with Gasteiger partial charge < -0.3 is 9.32 Å². The Morgan fingerprint density at radius 2 is 2.00 bits per heavy atom. The molecule has 1 aromatic carbocycles. The van der Waals surface area contributed by atoms with E-state index in [1.54, 1.807) is 4.68 Å². The number of hydrogen-bond donors (Lipinski definition) is 0. The molecule has 0 radical (unpaired) electrons. The summed E-state index contributed by atoms with van der Waals surface area (Å²) < 4.78 is 7.67. The largest absolute Gasteiger partial charge is 0.425 e. The monoisotopic (exact) mass is 420 g/mol. The van der Waals surface area contributed by atoms with Gasteiger partial charge in [-0.05, 0) is 18.9 Å². The third kappa shape index (κ3) is 3.54. The Hall–Kier alpha value is -3.00. The molecule has 0 saturated carbocycles. The van der Waals surface area contributed by atoms with E-state index in [4.69, 9.17) is 4.42 Å². The highest BCUT2D eigenvalue weighted by atomic mass is 16.4. The van der Waals surface area contributed by atoms with Crippen LogP contribution >= 0.6 is 0 Å². The van der Waals surface area contributed by atoms with Crippen molar-refractivity contribution >= 4 is 5.91 Å². The number of aryl methyl sites for hydroxylation is 3. The SMILES string of the molecule is Cc1nnc([C@]23CCN(C(=O)c4cn(C)nc4C)C[C@H]2CN(Cc2ccccc2)C3)o1. The summed E-state index contributed by atoms with van der Waals surface area (Å²) in [6.07, 6.45) is 2.63. The van der Waals surface area contributed by atoms with Gasteiger partial charge in [0.1, 0.15) is 0 Å². The van der Waals surface area contributed by atoms with Crippen LogP contribution in [-0.4, -0.2) is 61.9 Å². The van der Waals surface area contributed by atoms with E-state index >= 15 is 0 Å². The first-order chi connectivity index (χ1) is 14.9. The first kappa shape index (κ1) is 19.9. The van der Waals surface area contributed by atoms with Crippen molar-refractivity contribution in [2.45, 2.75) is 32.2 Å². The molecule has 0 bridgehead atoms. The van der Waals surface area contributed by atoms with E-state index in [0.717, 1.165) is 37.6 Å². The second kappa shape index (κ2) is 7.60. The maximum absolute atomic E-state index is 13.2. The lowest BCUT2D eigenvalue weighted by Crippen LogP contribution is -2.51. The molecule has 0 spiro atoms. The van der Waals surface area contributed by atoms with Gasteiger partial charge in [-0.1, -0.05) is 30.3 Å². The van der Waals surface area contributed by atoms with Gasteiger partial charge in [0.2, 0.25) is 11.8 Å². The van der Waals surface area contributed by atoms with Crippen LogP contribution in [-0.2, 0) is 19.0 Å². The molecule has 2 fully saturated rings. The minimum Gasteiger partial charge on any atom is -0.425 e. The summed E-state index contributed by atoms with van der Waals surface area (Å²) in [6.45, 7) is 7.71. The number of nitrogens with zero attached hydrogens (tertiary/aromatic N) is 6. The Labute approximate surface area is 181 Å². The van der Waals surface area contributed by atoms with E-state index in [0.29, 0.717) is 24.5 Å². The maximum atomic E-state index is 13.2. The molecular weight excluding hydrogens is 392 g/mol. The first-order valence-electron chi connectivity index (χ1n) is 10.8. The summed E-state index contributed by atoms with van der Waals surface area (Å²) in [5.74, 6) is 1.61. The van der Waals surface area contributed by atoms with Crippen LogP contribution in [0.15, 0.2) is 40.9 Å². The molecule has 31 heavy (non-hydrogen) atoms. The van der Waals surface area contributed by atoms with Crippen LogP contribution in [0.25, 0.3) is 0 Å². The number of fused-ring (bicyclic) bond motifs is 1. The molecule has 5 rings (SSSR count). The highest BCUT2D eigenvalue weighted by molar-refractivity contribution is 5.95. The van der Waals surface area contributed by atoms with Crippen LogP contribution in [0.5, 0.6) is 0 Å². The fourth-order valence-corrected chi connectivity index (χ4v) is 5.26. The predicted molar refractivity (Wildman–Crippen MR) is 114 cm³/mol. The van der Waals surface area contributed by atoms with Gasteiger partial charge in [-0.15, -0.1) is 10.2 Å². The number of rotatable bonds is 4. The summed E-state index contributed by atoms with van der Waals surface area (Å²) in [5, 5.41) is 12.9. The Balaban J connectivity index is 1.41. The van der Waals surface area contributed by atoms with Gasteiger partial charge in [-0.3, -0.25) is 14.4 Å². The van der Waals surface area contributed by atoms with Crippen molar-refractivity contribution in [3.63, 3.8) is 0 Å². The number of amides is 1. The lowest BCUT2D eigenvalue weighted by atomic mass is 9.72. The molecule has 8 heteroatoms. The molecular formula is C23H28N6O2. The summed E-state index contributed by atoms with van der Waals surface area (Å²) in [5.41, 5.74) is 2.53. The summed E-state index contributed by atoms with van der Waals surface area (Å²) in [6, 6.07) is 10.5. The third-order valence-electron chi connectivity index (χ3n) is 6.77. The van der Waals surface area contributed by atoms with Crippen molar-refractivity contribution < 1.29 is 9.21 Å². The lowest BCUT2D eigenvalue weighted by molar-refractivity contribution is 0.0567. The molecule has 2 aromatic heterocycles. The zero-order valence-corrected chi connectivity index (χ0v) is 18.3. The second-order valence-electron chi connectivity index (χ2n) is 8.94. The van der Waals surface area contributed by atoms with E-state index < -0.39 is 0 Å². The molecule has 8 nitrogen and oxygen atoms in total. The number of piperidine rings is 1. The average molecular weight is 421 g/mol. The van der Waals surface area contributed by atoms with Crippen LogP contribution in [0.4, 0.5) is 0 Å². The fourth-order valence-electron chi connectivity index (χ4n) is 5.26. The molecule has 2 aliphatic heterocycles. The Kier molecular flexibility index (Phi) is 4.89. The number of carbonyl (C=O) groups is 1. The van der Waals surface area contributed by atoms with E-state index in [9.17, 15) is 4.79 Å². The van der Waals surface area contributed by atoms with Crippen LogP contribution in [0, 0.1) is 19.8 Å². The van der Waals surface area contributed by atoms with Crippen molar-refractivity contribution in [1.82, 2.24) is 29.8 Å². The summed E-state index contributed by atoms with van der Waals surface area (Å²) in [7, 11) is 1.85. The van der Waals surface area contributed by atoms with Gasteiger partial charge >= 0.3 is 0 Å². The van der Waals surface area contributed by atoms with Crippen LogP contribution in [0.1, 0.15) is 39.8 Å². The Bertz CT molecular complexity index is 1090. The molecule has 2 aliphatic rings. The molecule has 2 atom stereocenters. The lowest BCUT2D eigenvalue weighted by Gasteiger charge is -2.41. The van der Waals surface area contributed by atoms with Gasteiger partial charge in [0.15, 0.2) is 0 Å². The van der Waals surface area contributed by atoms with Crippen molar-refractivity contribution in [1.29, 1.82) is 0 Å². The molecule has 162 valence electrons. The minimum absolute atomic E-state index is 0.0578. The van der Waals surface area contributed by atoms with Gasteiger partial charge in [0.05, 0.1) is 16.7 Å². The van der Waals surface area contributed by atoms with Gasteiger partial charge in [-0.25, -0.2) is 0 Å². The maximum Gasteiger partial charge on any atom is 0.257 e.